The van der Waals surface area contributed by atoms with Crippen molar-refractivity contribution in [2.24, 2.45) is 0 Å². The summed E-state index contributed by atoms with van der Waals surface area (Å²) in [6.07, 6.45) is 1.83. The number of anilines is 1. The predicted octanol–water partition coefficient (Wildman–Crippen LogP) is 6.37. The van der Waals surface area contributed by atoms with Crippen molar-refractivity contribution < 1.29 is 0 Å². The van der Waals surface area contributed by atoms with E-state index in [1.165, 1.54) is 28.0 Å². The average Bonchev–Trinajstić information content (AvgIpc) is 2.98. The molecule has 0 spiro atoms. The maximum Gasteiger partial charge on any atom is 0.183 e. The zero-order valence-corrected chi connectivity index (χ0v) is 15.7. The molecule has 2 nitrogen and oxygen atoms in total. The van der Waals surface area contributed by atoms with Crippen molar-refractivity contribution in [3.8, 4) is 11.1 Å². The highest BCUT2D eigenvalue weighted by atomic mass is 35.5. The van der Waals surface area contributed by atoms with Gasteiger partial charge in [0.05, 0.1) is 6.54 Å². The number of halogens is 1. The summed E-state index contributed by atoms with van der Waals surface area (Å²) >= 11 is 7.43. The number of nitrogens with one attached hydrogen (secondary N) is 1. The highest BCUT2D eigenvalue weighted by molar-refractivity contribution is 7.15. The van der Waals surface area contributed by atoms with Crippen LogP contribution >= 0.6 is 22.9 Å². The smallest absolute Gasteiger partial charge is 0.183 e. The van der Waals surface area contributed by atoms with E-state index in [9.17, 15) is 0 Å². The van der Waals surface area contributed by atoms with Crippen LogP contribution in [0.4, 0.5) is 5.69 Å². The second-order valence-corrected chi connectivity index (χ2v) is 8.51. The minimum Gasteiger partial charge on any atom is -0.380 e. The third-order valence-electron chi connectivity index (χ3n) is 3.95. The molecular weight excluding hydrogens is 336 g/mol. The molecule has 24 heavy (non-hydrogen) atoms. The Balaban J connectivity index is 1.95. The van der Waals surface area contributed by atoms with Crippen molar-refractivity contribution in [2.45, 2.75) is 32.7 Å². The van der Waals surface area contributed by atoms with Gasteiger partial charge in [-0.05, 0) is 28.7 Å². The molecule has 1 aromatic heterocycles. The molecular formula is C20H21ClN2S. The van der Waals surface area contributed by atoms with Crippen molar-refractivity contribution in [1.82, 2.24) is 4.98 Å². The third kappa shape index (κ3) is 3.97. The monoisotopic (exact) mass is 356 g/mol. The lowest BCUT2D eigenvalue weighted by Crippen LogP contribution is -2.11. The van der Waals surface area contributed by atoms with Crippen LogP contribution in [-0.4, -0.2) is 4.98 Å². The zero-order chi connectivity index (χ0) is 17.2. The van der Waals surface area contributed by atoms with Gasteiger partial charge in [-0.2, -0.15) is 0 Å². The second-order valence-electron chi connectivity index (χ2n) is 6.81. The fourth-order valence-corrected chi connectivity index (χ4v) is 3.49. The Kier molecular flexibility index (Phi) is 4.93. The van der Waals surface area contributed by atoms with Gasteiger partial charge >= 0.3 is 0 Å². The summed E-state index contributed by atoms with van der Waals surface area (Å²) < 4.78 is 0.582. The number of hydrogen-bond donors (Lipinski definition) is 1. The molecule has 1 heterocycles. The lowest BCUT2D eigenvalue weighted by Gasteiger charge is -2.22. The normalized spacial score (nSPS) is 11.5. The van der Waals surface area contributed by atoms with E-state index in [2.05, 4.69) is 73.5 Å². The lowest BCUT2D eigenvalue weighted by molar-refractivity contribution is 0.590. The van der Waals surface area contributed by atoms with Crippen LogP contribution in [0.1, 0.15) is 31.2 Å². The van der Waals surface area contributed by atoms with E-state index in [-0.39, 0.29) is 5.41 Å². The highest BCUT2D eigenvalue weighted by Gasteiger charge is 2.16. The molecule has 0 unspecified atom stereocenters. The van der Waals surface area contributed by atoms with Crippen LogP contribution < -0.4 is 5.32 Å². The SMILES string of the molecule is CC(C)(C)c1ccc(NCc2cnc(Cl)s2)c(-c2ccccc2)c1. The second kappa shape index (κ2) is 6.96. The van der Waals surface area contributed by atoms with Crippen molar-refractivity contribution in [2.75, 3.05) is 5.32 Å². The first-order chi connectivity index (χ1) is 11.4. The van der Waals surface area contributed by atoms with Gasteiger partial charge < -0.3 is 5.32 Å². The Morgan fingerprint density at radius 1 is 1.08 bits per heavy atom. The van der Waals surface area contributed by atoms with Crippen LogP contribution in [-0.2, 0) is 12.0 Å². The molecule has 124 valence electrons. The quantitative estimate of drug-likeness (QED) is 0.587. The van der Waals surface area contributed by atoms with Crippen molar-refractivity contribution >= 4 is 28.6 Å². The van der Waals surface area contributed by atoms with Crippen molar-refractivity contribution in [3.05, 3.63) is 69.6 Å². The number of aromatic nitrogens is 1. The summed E-state index contributed by atoms with van der Waals surface area (Å²) in [6.45, 7) is 7.44. The molecule has 0 saturated carbocycles. The lowest BCUT2D eigenvalue weighted by atomic mass is 9.85. The van der Waals surface area contributed by atoms with Gasteiger partial charge in [0.1, 0.15) is 0 Å². The Labute approximate surface area is 152 Å². The third-order valence-corrected chi connectivity index (χ3v) is 5.06. The van der Waals surface area contributed by atoms with Crippen molar-refractivity contribution in [1.29, 1.82) is 0 Å². The predicted molar refractivity (Wildman–Crippen MR) is 105 cm³/mol. The standard InChI is InChI=1S/C20H21ClN2S/c1-20(2,3)15-9-10-18(22-12-16-13-23-19(21)24-16)17(11-15)14-7-5-4-6-8-14/h4-11,13,22H,12H2,1-3H3. The summed E-state index contributed by atoms with van der Waals surface area (Å²) in [7, 11) is 0. The van der Waals surface area contributed by atoms with Gasteiger partial charge in [-0.1, -0.05) is 68.8 Å². The molecule has 0 atom stereocenters. The number of hydrogen-bond acceptors (Lipinski definition) is 3. The maximum atomic E-state index is 5.92. The molecule has 4 heteroatoms. The molecule has 3 rings (SSSR count). The van der Waals surface area contributed by atoms with Gasteiger partial charge in [-0.25, -0.2) is 4.98 Å². The first kappa shape index (κ1) is 17.0. The van der Waals surface area contributed by atoms with E-state index >= 15 is 0 Å². The van der Waals surface area contributed by atoms with Crippen LogP contribution in [0.15, 0.2) is 54.7 Å². The Morgan fingerprint density at radius 3 is 2.46 bits per heavy atom. The summed E-state index contributed by atoms with van der Waals surface area (Å²) in [5.74, 6) is 0. The van der Waals surface area contributed by atoms with Crippen molar-refractivity contribution in [3.63, 3.8) is 0 Å². The summed E-state index contributed by atoms with van der Waals surface area (Å²) in [5.41, 5.74) is 5.01. The van der Waals surface area contributed by atoms with E-state index in [1.54, 1.807) is 0 Å². The first-order valence-electron chi connectivity index (χ1n) is 7.97. The van der Waals surface area contributed by atoms with E-state index in [1.807, 2.05) is 12.3 Å². The van der Waals surface area contributed by atoms with Gasteiger partial charge in [-0.3, -0.25) is 0 Å². The van der Waals surface area contributed by atoms with Gasteiger partial charge in [-0.15, -0.1) is 11.3 Å². The van der Waals surface area contributed by atoms with Gasteiger partial charge in [0.25, 0.3) is 0 Å². The summed E-state index contributed by atoms with van der Waals surface area (Å²) in [4.78, 5) is 5.22. The molecule has 0 aliphatic rings. The highest BCUT2D eigenvalue weighted by Crippen LogP contribution is 2.34. The molecule has 0 aliphatic carbocycles. The Hall–Kier alpha value is -1.84. The van der Waals surface area contributed by atoms with Gasteiger partial charge in [0, 0.05) is 22.3 Å². The van der Waals surface area contributed by atoms with E-state index in [0.29, 0.717) is 4.47 Å². The number of nitrogens with zero attached hydrogens (tertiary/aromatic N) is 1. The molecule has 0 bridgehead atoms. The largest absolute Gasteiger partial charge is 0.380 e. The molecule has 2 aromatic carbocycles. The van der Waals surface area contributed by atoms with Gasteiger partial charge in [0.2, 0.25) is 0 Å². The van der Waals surface area contributed by atoms with Crippen LogP contribution in [0.25, 0.3) is 11.1 Å². The minimum atomic E-state index is 0.118. The maximum absolute atomic E-state index is 5.92. The van der Waals surface area contributed by atoms with E-state index in [4.69, 9.17) is 11.6 Å². The van der Waals surface area contributed by atoms with Crippen LogP contribution in [0.3, 0.4) is 0 Å². The molecule has 0 saturated heterocycles. The average molecular weight is 357 g/mol. The molecule has 0 aliphatic heterocycles. The molecule has 3 aromatic rings. The molecule has 0 fully saturated rings. The first-order valence-corrected chi connectivity index (χ1v) is 9.17. The molecule has 1 N–H and O–H groups in total. The van der Waals surface area contributed by atoms with Crippen LogP contribution in [0.5, 0.6) is 0 Å². The van der Waals surface area contributed by atoms with Crippen LogP contribution in [0.2, 0.25) is 4.47 Å². The Bertz CT molecular complexity index is 819. The summed E-state index contributed by atoms with van der Waals surface area (Å²) in [6, 6.07) is 17.2. The van der Waals surface area contributed by atoms with Gasteiger partial charge in [0.15, 0.2) is 4.47 Å². The fraction of sp³-hybridized carbons (Fsp3) is 0.250. The van der Waals surface area contributed by atoms with E-state index < -0.39 is 0 Å². The van der Waals surface area contributed by atoms with Crippen LogP contribution in [0, 0.1) is 0 Å². The molecule has 0 radical (unpaired) electrons. The fourth-order valence-electron chi connectivity index (χ4n) is 2.57. The summed E-state index contributed by atoms with van der Waals surface area (Å²) in [5, 5.41) is 3.53. The van der Waals surface area contributed by atoms with E-state index in [0.717, 1.165) is 17.1 Å². The number of thiazole rings is 1. The molecule has 0 amide bonds. The zero-order valence-electron chi connectivity index (χ0n) is 14.1. The number of benzene rings is 2. The Morgan fingerprint density at radius 2 is 1.83 bits per heavy atom. The number of rotatable bonds is 4. The minimum absolute atomic E-state index is 0.118. The topological polar surface area (TPSA) is 24.9 Å².